The fourth-order valence-electron chi connectivity index (χ4n) is 4.83. The molecule has 4 heteroatoms. The van der Waals surface area contributed by atoms with Crippen molar-refractivity contribution in [3.05, 3.63) is 42.0 Å². The number of amides is 1. The molecule has 0 saturated heterocycles. The summed E-state index contributed by atoms with van der Waals surface area (Å²) in [7, 11) is 0. The summed E-state index contributed by atoms with van der Waals surface area (Å²) < 4.78 is 5.90. The van der Waals surface area contributed by atoms with Gasteiger partial charge in [-0.2, -0.15) is 5.10 Å². The maximum atomic E-state index is 12.6. The van der Waals surface area contributed by atoms with Gasteiger partial charge in [-0.05, 0) is 47.4 Å². The summed E-state index contributed by atoms with van der Waals surface area (Å²) in [6.45, 7) is 5.00. The van der Waals surface area contributed by atoms with Crippen LogP contribution in [0.15, 0.2) is 41.5 Å². The highest BCUT2D eigenvalue weighted by Crippen LogP contribution is 2.66. The number of ether oxygens (including phenoxy) is 1. The molecule has 0 unspecified atom stereocenters. The Kier molecular flexibility index (Phi) is 4.90. The third kappa shape index (κ3) is 3.33. The summed E-state index contributed by atoms with van der Waals surface area (Å²) in [5, 5.41) is 6.52. The fraction of sp³-hybridized carbons (Fsp3) is 0.478. The summed E-state index contributed by atoms with van der Waals surface area (Å²) in [6.07, 6.45) is 7.52. The van der Waals surface area contributed by atoms with Crippen molar-refractivity contribution in [3.8, 4) is 5.75 Å². The minimum atomic E-state index is 0.0666. The number of rotatable bonds is 6. The highest BCUT2D eigenvalue weighted by molar-refractivity contribution is 6.02. The standard InChI is InChI=1S/C23H28N2O2/c1-3-14-27-20-12-11-16-8-4-5-9-17(16)18(20)15-24-25-22(26)21-19-10-6-7-13-23(19,21)2/h4-5,8-9,11-12,15,19,21H,3,6-7,10,13-14H2,1-2H3,(H,25,26)/b24-15-/t19-,21+,23+/m1/s1. The van der Waals surface area contributed by atoms with E-state index >= 15 is 0 Å². The van der Waals surface area contributed by atoms with Gasteiger partial charge >= 0.3 is 0 Å². The average molecular weight is 364 g/mol. The van der Waals surface area contributed by atoms with Crippen molar-refractivity contribution < 1.29 is 9.53 Å². The molecule has 0 bridgehead atoms. The van der Waals surface area contributed by atoms with Crippen LogP contribution in [0.4, 0.5) is 0 Å². The Morgan fingerprint density at radius 3 is 2.93 bits per heavy atom. The summed E-state index contributed by atoms with van der Waals surface area (Å²) >= 11 is 0. The number of nitrogens with zero attached hydrogens (tertiary/aromatic N) is 1. The van der Waals surface area contributed by atoms with Gasteiger partial charge in [-0.3, -0.25) is 4.79 Å². The van der Waals surface area contributed by atoms with E-state index in [0.717, 1.165) is 34.9 Å². The molecule has 1 amide bonds. The van der Waals surface area contributed by atoms with Crippen LogP contribution in [-0.4, -0.2) is 18.7 Å². The molecule has 142 valence electrons. The first-order chi connectivity index (χ1) is 13.1. The second-order valence-electron chi connectivity index (χ2n) is 8.12. The van der Waals surface area contributed by atoms with E-state index in [1.54, 1.807) is 6.21 Å². The minimum Gasteiger partial charge on any atom is -0.493 e. The number of benzene rings is 2. The van der Waals surface area contributed by atoms with Gasteiger partial charge in [-0.15, -0.1) is 0 Å². The number of carbonyl (C=O) groups is 1. The van der Waals surface area contributed by atoms with Crippen molar-refractivity contribution >= 4 is 22.9 Å². The van der Waals surface area contributed by atoms with Gasteiger partial charge in [-0.1, -0.05) is 57.0 Å². The third-order valence-electron chi connectivity index (χ3n) is 6.37. The lowest BCUT2D eigenvalue weighted by Gasteiger charge is -2.15. The molecule has 27 heavy (non-hydrogen) atoms. The van der Waals surface area contributed by atoms with E-state index in [-0.39, 0.29) is 17.2 Å². The summed E-state index contributed by atoms with van der Waals surface area (Å²) in [4.78, 5) is 12.6. The van der Waals surface area contributed by atoms with Crippen molar-refractivity contribution in [2.45, 2.75) is 46.0 Å². The molecule has 2 aromatic rings. The largest absolute Gasteiger partial charge is 0.493 e. The number of hydrazone groups is 1. The van der Waals surface area contributed by atoms with Gasteiger partial charge in [0.2, 0.25) is 5.91 Å². The Labute approximate surface area is 161 Å². The first-order valence-corrected chi connectivity index (χ1v) is 10.1. The molecular formula is C23H28N2O2. The first-order valence-electron chi connectivity index (χ1n) is 10.1. The van der Waals surface area contributed by atoms with Gasteiger partial charge in [0.25, 0.3) is 0 Å². The van der Waals surface area contributed by atoms with Crippen LogP contribution in [0.1, 0.15) is 51.5 Å². The van der Waals surface area contributed by atoms with Crippen LogP contribution < -0.4 is 10.2 Å². The molecule has 1 N–H and O–H groups in total. The van der Waals surface area contributed by atoms with Gasteiger partial charge in [0, 0.05) is 11.5 Å². The molecule has 2 saturated carbocycles. The number of carbonyl (C=O) groups excluding carboxylic acids is 1. The molecule has 2 fully saturated rings. The van der Waals surface area contributed by atoms with Crippen molar-refractivity contribution in [1.29, 1.82) is 0 Å². The van der Waals surface area contributed by atoms with Crippen LogP contribution in [-0.2, 0) is 4.79 Å². The molecule has 0 spiro atoms. The molecular weight excluding hydrogens is 336 g/mol. The minimum absolute atomic E-state index is 0.0666. The molecule has 0 aliphatic heterocycles. The molecule has 3 atom stereocenters. The zero-order valence-electron chi connectivity index (χ0n) is 16.2. The maximum Gasteiger partial charge on any atom is 0.244 e. The van der Waals surface area contributed by atoms with Crippen LogP contribution in [0, 0.1) is 17.3 Å². The van der Waals surface area contributed by atoms with Crippen LogP contribution in [0.25, 0.3) is 10.8 Å². The Morgan fingerprint density at radius 1 is 1.30 bits per heavy atom. The predicted octanol–water partition coefficient (Wildman–Crippen LogP) is 4.91. The fourth-order valence-corrected chi connectivity index (χ4v) is 4.83. The normalized spacial score (nSPS) is 26.7. The second-order valence-corrected chi connectivity index (χ2v) is 8.12. The van der Waals surface area contributed by atoms with Gasteiger partial charge in [-0.25, -0.2) is 5.43 Å². The van der Waals surface area contributed by atoms with E-state index in [0.29, 0.717) is 12.5 Å². The summed E-state index contributed by atoms with van der Waals surface area (Å²) in [5.74, 6) is 1.54. The number of fused-ring (bicyclic) bond motifs is 2. The smallest absolute Gasteiger partial charge is 0.244 e. The SMILES string of the molecule is CCCOc1ccc2ccccc2c1/C=N\NC(=O)[C@@H]1[C@H]2CCCC[C@@]21C. The lowest BCUT2D eigenvalue weighted by Crippen LogP contribution is -2.22. The average Bonchev–Trinajstić information content (AvgIpc) is 3.32. The van der Waals surface area contributed by atoms with E-state index in [9.17, 15) is 4.79 Å². The quantitative estimate of drug-likeness (QED) is 0.585. The van der Waals surface area contributed by atoms with Crippen molar-refractivity contribution in [2.75, 3.05) is 6.61 Å². The Morgan fingerprint density at radius 2 is 2.15 bits per heavy atom. The molecule has 0 heterocycles. The first kappa shape index (κ1) is 18.0. The maximum absolute atomic E-state index is 12.6. The predicted molar refractivity (Wildman–Crippen MR) is 109 cm³/mol. The molecule has 2 aliphatic carbocycles. The third-order valence-corrected chi connectivity index (χ3v) is 6.37. The van der Waals surface area contributed by atoms with Crippen molar-refractivity contribution in [3.63, 3.8) is 0 Å². The highest BCUT2D eigenvalue weighted by Gasteiger charge is 2.64. The van der Waals surface area contributed by atoms with E-state index < -0.39 is 0 Å². The van der Waals surface area contributed by atoms with Gasteiger partial charge in [0.1, 0.15) is 5.75 Å². The number of nitrogens with one attached hydrogen (secondary N) is 1. The van der Waals surface area contributed by atoms with Crippen LogP contribution in [0.3, 0.4) is 0 Å². The van der Waals surface area contributed by atoms with E-state index in [1.165, 1.54) is 19.3 Å². The molecule has 0 aromatic heterocycles. The van der Waals surface area contributed by atoms with Crippen LogP contribution in [0.2, 0.25) is 0 Å². The van der Waals surface area contributed by atoms with Crippen molar-refractivity contribution in [1.82, 2.24) is 5.43 Å². The molecule has 4 rings (SSSR count). The number of hydrogen-bond donors (Lipinski definition) is 1. The monoisotopic (exact) mass is 364 g/mol. The van der Waals surface area contributed by atoms with Gasteiger partial charge in [0.15, 0.2) is 0 Å². The summed E-state index contributed by atoms with van der Waals surface area (Å²) in [5.41, 5.74) is 3.92. The molecule has 4 nitrogen and oxygen atoms in total. The Hall–Kier alpha value is -2.36. The van der Waals surface area contributed by atoms with E-state index in [1.807, 2.05) is 18.2 Å². The highest BCUT2D eigenvalue weighted by atomic mass is 16.5. The van der Waals surface area contributed by atoms with Crippen molar-refractivity contribution in [2.24, 2.45) is 22.4 Å². The van der Waals surface area contributed by atoms with Crippen LogP contribution in [0.5, 0.6) is 5.75 Å². The summed E-state index contributed by atoms with van der Waals surface area (Å²) in [6, 6.07) is 12.2. The Balaban J connectivity index is 1.53. The van der Waals surface area contributed by atoms with E-state index in [4.69, 9.17) is 4.74 Å². The number of hydrogen-bond acceptors (Lipinski definition) is 3. The molecule has 0 radical (unpaired) electrons. The van der Waals surface area contributed by atoms with E-state index in [2.05, 4.69) is 42.6 Å². The lowest BCUT2D eigenvalue weighted by atomic mass is 9.90. The lowest BCUT2D eigenvalue weighted by molar-refractivity contribution is -0.123. The topological polar surface area (TPSA) is 50.7 Å². The van der Waals surface area contributed by atoms with Gasteiger partial charge < -0.3 is 4.74 Å². The molecule has 2 aliphatic rings. The second kappa shape index (κ2) is 7.34. The Bertz CT molecular complexity index is 876. The van der Waals surface area contributed by atoms with Crippen LogP contribution >= 0.6 is 0 Å². The van der Waals surface area contributed by atoms with Gasteiger partial charge in [0.05, 0.1) is 12.8 Å². The molecule has 2 aromatic carbocycles. The zero-order valence-corrected chi connectivity index (χ0v) is 16.2. The zero-order chi connectivity index (χ0) is 18.9.